The van der Waals surface area contributed by atoms with Crippen molar-refractivity contribution in [3.05, 3.63) is 34.7 Å². The van der Waals surface area contributed by atoms with Gasteiger partial charge in [0.2, 0.25) is 0 Å². The first-order chi connectivity index (χ1) is 7.49. The first-order valence-electron chi connectivity index (χ1n) is 5.27. The zero-order valence-electron chi connectivity index (χ0n) is 8.68. The molecule has 0 unspecified atom stereocenters. The van der Waals surface area contributed by atoms with E-state index in [2.05, 4.69) is 0 Å². The van der Waals surface area contributed by atoms with Crippen LogP contribution in [-0.2, 0) is 16.3 Å². The molecule has 1 saturated carbocycles. The number of hydrogen-bond donors (Lipinski definition) is 1. The molecule has 0 saturated heterocycles. The van der Waals surface area contributed by atoms with Crippen LogP contribution in [-0.4, -0.2) is 19.1 Å². The first kappa shape index (κ1) is 10.1. The van der Waals surface area contributed by atoms with E-state index in [-0.39, 0.29) is 0 Å². The minimum Gasteiger partial charge on any atom is -0.390 e. The third-order valence-electron chi connectivity index (χ3n) is 3.17. The van der Waals surface area contributed by atoms with Gasteiger partial charge >= 0.3 is 0 Å². The number of benzene rings is 1. The van der Waals surface area contributed by atoms with E-state index in [0.29, 0.717) is 11.3 Å². The van der Waals surface area contributed by atoms with Gasteiger partial charge in [-0.1, -0.05) is 12.1 Å². The van der Waals surface area contributed by atoms with Crippen molar-refractivity contribution in [3.63, 3.8) is 0 Å². The number of sulfone groups is 1. The molecule has 0 aromatic heterocycles. The summed E-state index contributed by atoms with van der Waals surface area (Å²) < 4.78 is 23.1. The fourth-order valence-electron chi connectivity index (χ4n) is 2.03. The molecule has 1 aliphatic heterocycles. The van der Waals surface area contributed by atoms with Crippen molar-refractivity contribution < 1.29 is 13.5 Å². The average Bonchev–Trinajstić information content (AvgIpc) is 2.85. The third-order valence-corrected chi connectivity index (χ3v) is 4.65. The molecule has 84 valence electrons. The summed E-state index contributed by atoms with van der Waals surface area (Å²) in [4.78, 5) is 0.374. The van der Waals surface area contributed by atoms with Gasteiger partial charge < -0.3 is 5.11 Å². The van der Waals surface area contributed by atoms with Crippen molar-refractivity contribution in [1.29, 1.82) is 0 Å². The summed E-state index contributed by atoms with van der Waals surface area (Å²) in [6, 6.07) is 5.28. The molecule has 2 aliphatic rings. The highest BCUT2D eigenvalue weighted by Crippen LogP contribution is 2.39. The Morgan fingerprint density at radius 2 is 2.06 bits per heavy atom. The van der Waals surface area contributed by atoms with Crippen LogP contribution in [0.1, 0.15) is 24.0 Å². The molecule has 1 N–H and O–H groups in total. The molecule has 0 bridgehead atoms. The highest BCUT2D eigenvalue weighted by molar-refractivity contribution is 7.94. The van der Waals surface area contributed by atoms with Crippen LogP contribution in [0.25, 0.3) is 6.08 Å². The quantitative estimate of drug-likeness (QED) is 0.847. The van der Waals surface area contributed by atoms with Crippen LogP contribution in [0.2, 0.25) is 0 Å². The number of rotatable bonds is 2. The maximum atomic E-state index is 11.5. The lowest BCUT2D eigenvalue weighted by Gasteiger charge is -2.08. The lowest BCUT2D eigenvalue weighted by Crippen LogP contribution is -2.10. The highest BCUT2D eigenvalue weighted by Gasteiger charge is 2.40. The summed E-state index contributed by atoms with van der Waals surface area (Å²) in [7, 11) is -3.19. The van der Waals surface area contributed by atoms with Crippen LogP contribution in [0.4, 0.5) is 0 Å². The van der Waals surface area contributed by atoms with E-state index in [0.717, 1.165) is 24.0 Å². The molecule has 3 nitrogen and oxygen atoms in total. The van der Waals surface area contributed by atoms with Crippen LogP contribution in [0.5, 0.6) is 0 Å². The molecule has 0 radical (unpaired) electrons. The molecular formula is C12H12O3S. The van der Waals surface area contributed by atoms with Gasteiger partial charge in [-0.2, -0.15) is 0 Å². The van der Waals surface area contributed by atoms with Gasteiger partial charge in [0, 0.05) is 11.8 Å². The van der Waals surface area contributed by atoms with Crippen molar-refractivity contribution in [2.75, 3.05) is 0 Å². The van der Waals surface area contributed by atoms with E-state index in [1.54, 1.807) is 18.2 Å². The summed E-state index contributed by atoms with van der Waals surface area (Å²) in [5.41, 5.74) is 1.21. The molecule has 1 aromatic carbocycles. The molecule has 4 heteroatoms. The second kappa shape index (κ2) is 2.96. The van der Waals surface area contributed by atoms with Crippen LogP contribution in [0.15, 0.2) is 28.5 Å². The van der Waals surface area contributed by atoms with Gasteiger partial charge in [-0.25, -0.2) is 8.42 Å². The van der Waals surface area contributed by atoms with E-state index in [1.807, 2.05) is 6.07 Å². The van der Waals surface area contributed by atoms with Crippen LogP contribution in [0.3, 0.4) is 0 Å². The Bertz CT molecular complexity index is 580. The molecule has 1 heterocycles. The molecule has 0 spiro atoms. The van der Waals surface area contributed by atoms with Crippen molar-refractivity contribution in [2.45, 2.75) is 29.8 Å². The van der Waals surface area contributed by atoms with Crippen LogP contribution in [0, 0.1) is 0 Å². The molecule has 3 rings (SSSR count). The maximum absolute atomic E-state index is 11.5. The molecular weight excluding hydrogens is 224 g/mol. The van der Waals surface area contributed by atoms with Gasteiger partial charge in [-0.3, -0.25) is 0 Å². The number of aliphatic hydroxyl groups is 1. The maximum Gasteiger partial charge on any atom is 0.200 e. The fraction of sp³-hybridized carbons (Fsp3) is 0.333. The summed E-state index contributed by atoms with van der Waals surface area (Å²) in [6.45, 7) is 0. The molecule has 1 fully saturated rings. The molecule has 0 amide bonds. The summed E-state index contributed by atoms with van der Waals surface area (Å²) in [5.74, 6) is 0. The van der Waals surface area contributed by atoms with Gasteiger partial charge in [-0.05, 0) is 36.1 Å². The van der Waals surface area contributed by atoms with Crippen LogP contribution >= 0.6 is 0 Å². The fourth-order valence-corrected chi connectivity index (χ4v) is 3.22. The Balaban J connectivity index is 1.98. The third kappa shape index (κ3) is 1.58. The summed E-state index contributed by atoms with van der Waals surface area (Å²) >= 11 is 0. The van der Waals surface area contributed by atoms with Crippen LogP contribution < -0.4 is 0 Å². The van der Waals surface area contributed by atoms with Crippen molar-refractivity contribution in [3.8, 4) is 0 Å². The minimum atomic E-state index is -3.19. The second-order valence-electron chi connectivity index (χ2n) is 4.62. The van der Waals surface area contributed by atoms with Crippen molar-refractivity contribution in [1.82, 2.24) is 0 Å². The Morgan fingerprint density at radius 1 is 1.31 bits per heavy atom. The van der Waals surface area contributed by atoms with E-state index in [1.165, 1.54) is 5.41 Å². The second-order valence-corrected chi connectivity index (χ2v) is 6.42. The van der Waals surface area contributed by atoms with Gasteiger partial charge in [0.15, 0.2) is 9.84 Å². The molecule has 1 aliphatic carbocycles. The summed E-state index contributed by atoms with van der Waals surface area (Å²) in [6.07, 6.45) is 3.93. The molecule has 16 heavy (non-hydrogen) atoms. The smallest absolute Gasteiger partial charge is 0.200 e. The zero-order chi connectivity index (χ0) is 11.4. The SMILES string of the molecule is O=S1(=O)C=Cc2cc(CC3(O)CC3)ccc21. The van der Waals surface area contributed by atoms with Crippen molar-refractivity contribution in [2.24, 2.45) is 0 Å². The highest BCUT2D eigenvalue weighted by atomic mass is 32.2. The Hall–Kier alpha value is -1.13. The van der Waals surface area contributed by atoms with Gasteiger partial charge in [0.1, 0.15) is 0 Å². The van der Waals surface area contributed by atoms with Gasteiger partial charge in [-0.15, -0.1) is 0 Å². The van der Waals surface area contributed by atoms with E-state index >= 15 is 0 Å². The largest absolute Gasteiger partial charge is 0.390 e. The monoisotopic (exact) mass is 236 g/mol. The Kier molecular flexibility index (Phi) is 1.86. The lowest BCUT2D eigenvalue weighted by molar-refractivity contribution is 0.151. The van der Waals surface area contributed by atoms with E-state index in [4.69, 9.17) is 0 Å². The lowest BCUT2D eigenvalue weighted by atomic mass is 10.0. The normalized spacial score (nSPS) is 23.1. The summed E-state index contributed by atoms with van der Waals surface area (Å²) in [5, 5.41) is 11.0. The topological polar surface area (TPSA) is 54.4 Å². The van der Waals surface area contributed by atoms with Crippen molar-refractivity contribution >= 4 is 15.9 Å². The average molecular weight is 236 g/mol. The molecule has 0 atom stereocenters. The zero-order valence-corrected chi connectivity index (χ0v) is 9.50. The Morgan fingerprint density at radius 3 is 2.75 bits per heavy atom. The number of hydrogen-bond acceptors (Lipinski definition) is 3. The Labute approximate surface area is 94.3 Å². The standard InChI is InChI=1S/C12H12O3S/c13-12(4-5-12)8-9-1-2-11-10(7-9)3-6-16(11,14)15/h1-3,6-7,13H,4-5,8H2. The molecule has 1 aromatic rings. The van der Waals surface area contributed by atoms with Gasteiger partial charge in [0.25, 0.3) is 0 Å². The minimum absolute atomic E-state index is 0.374. The van der Waals surface area contributed by atoms with E-state index < -0.39 is 15.4 Å². The first-order valence-corrected chi connectivity index (χ1v) is 6.82. The van der Waals surface area contributed by atoms with E-state index in [9.17, 15) is 13.5 Å². The number of fused-ring (bicyclic) bond motifs is 1. The predicted molar refractivity (Wildman–Crippen MR) is 60.5 cm³/mol. The predicted octanol–water partition coefficient (Wildman–Crippen LogP) is 1.51. The van der Waals surface area contributed by atoms with Gasteiger partial charge in [0.05, 0.1) is 10.5 Å².